The van der Waals surface area contributed by atoms with Gasteiger partial charge in [0.25, 0.3) is 0 Å². The zero-order valence-corrected chi connectivity index (χ0v) is 16.1. The summed E-state index contributed by atoms with van der Waals surface area (Å²) in [5, 5.41) is 0. The molecule has 3 aromatic carbocycles. The Kier molecular flexibility index (Phi) is 5.58. The van der Waals surface area contributed by atoms with Gasteiger partial charge in [-0.15, -0.1) is 0 Å². The molecule has 3 aromatic rings. The first kappa shape index (κ1) is 17.0. The van der Waals surface area contributed by atoms with Crippen LogP contribution in [0.2, 0.25) is 0 Å². The van der Waals surface area contributed by atoms with E-state index in [9.17, 15) is 4.79 Å². The molecule has 0 atom stereocenters. The third-order valence-corrected chi connectivity index (χ3v) is 13.0. The second kappa shape index (κ2) is 7.85. The van der Waals surface area contributed by atoms with Crippen LogP contribution in [0.5, 0.6) is 0 Å². The van der Waals surface area contributed by atoms with Crippen LogP contribution in [0.25, 0.3) is 0 Å². The van der Waals surface area contributed by atoms with Crippen molar-refractivity contribution in [3.05, 3.63) is 91.0 Å². The zero-order valence-electron chi connectivity index (χ0n) is 13.0. The Balaban J connectivity index is 2.30. The molecule has 0 amide bonds. The molecule has 0 bridgehead atoms. The summed E-state index contributed by atoms with van der Waals surface area (Å²) in [5.41, 5.74) is 0. The summed E-state index contributed by atoms with van der Waals surface area (Å²) in [4.78, 5) is 12.2. The molecule has 0 aliphatic heterocycles. The number of carbonyl (C=O) groups excluding carboxylic acids is 1. The van der Waals surface area contributed by atoms with Gasteiger partial charge in [0.2, 0.25) is 0 Å². The van der Waals surface area contributed by atoms with E-state index in [1.807, 2.05) is 91.0 Å². The summed E-state index contributed by atoms with van der Waals surface area (Å²) in [6.07, 6.45) is 0. The molecule has 0 saturated heterocycles. The van der Waals surface area contributed by atoms with E-state index in [1.54, 1.807) is 0 Å². The number of benzene rings is 3. The summed E-state index contributed by atoms with van der Waals surface area (Å²) in [5.74, 6) is -0.533. The zero-order chi connectivity index (χ0) is 16.8. The molecule has 0 heterocycles. The van der Waals surface area contributed by atoms with Gasteiger partial charge in [-0.2, -0.15) is 0 Å². The fraction of sp³-hybridized carbons (Fsp3) is 0.0500. The summed E-state index contributed by atoms with van der Waals surface area (Å²) >= 11 is 2.13. The number of hydrogen-bond acceptors (Lipinski definition) is 2. The summed E-state index contributed by atoms with van der Waals surface area (Å²) < 4.78 is 9.36. The van der Waals surface area contributed by atoms with Crippen molar-refractivity contribution < 1.29 is 7.90 Å². The molecule has 4 heteroatoms. The maximum atomic E-state index is 12.2. The van der Waals surface area contributed by atoms with Crippen LogP contribution in [0.1, 0.15) is 0 Å². The number of carbonyl (C=O) groups is 1. The molecule has 0 aliphatic carbocycles. The van der Waals surface area contributed by atoms with E-state index in [-0.39, 0.29) is 11.8 Å². The van der Waals surface area contributed by atoms with E-state index in [0.29, 0.717) is 0 Å². The fourth-order valence-corrected chi connectivity index (χ4v) is 11.6. The molecule has 3 rings (SSSR count). The quantitative estimate of drug-likeness (QED) is 0.439. The number of hydrogen-bond donors (Lipinski definition) is 0. The minimum atomic E-state index is -3.64. The maximum absolute atomic E-state index is 12.2. The van der Waals surface area contributed by atoms with Crippen LogP contribution >= 0.6 is 11.6 Å². The Hall–Kier alpha value is -1.79. The average Bonchev–Trinajstić information content (AvgIpc) is 2.68. The predicted octanol–water partition coefficient (Wildman–Crippen LogP) is 2.44. The monoisotopic (exact) mass is 454 g/mol. The van der Waals surface area contributed by atoms with Gasteiger partial charge in [-0.05, 0) is 0 Å². The van der Waals surface area contributed by atoms with Gasteiger partial charge in [-0.25, -0.2) is 0 Å². The molecule has 0 spiro atoms. The molecule has 0 saturated carbocycles. The van der Waals surface area contributed by atoms with Crippen LogP contribution in [-0.2, 0) is 7.90 Å². The molecule has 0 aromatic heterocycles. The molecule has 24 heavy (non-hydrogen) atoms. The molecule has 0 N–H and O–H groups in total. The Morgan fingerprint density at radius 3 is 1.33 bits per heavy atom. The fourth-order valence-electron chi connectivity index (χ4n) is 2.55. The van der Waals surface area contributed by atoms with Gasteiger partial charge >= 0.3 is 152 Å². The van der Waals surface area contributed by atoms with Gasteiger partial charge in [0.15, 0.2) is 0 Å². The summed E-state index contributed by atoms with van der Waals surface area (Å²) in [6, 6.07) is 30.1. The third-order valence-electron chi connectivity index (χ3n) is 3.55. The van der Waals surface area contributed by atoms with Gasteiger partial charge in [0, 0.05) is 0 Å². The molecule has 2 nitrogen and oxygen atoms in total. The van der Waals surface area contributed by atoms with Crippen molar-refractivity contribution in [2.24, 2.45) is 0 Å². The van der Waals surface area contributed by atoms with Gasteiger partial charge in [-0.3, -0.25) is 0 Å². The van der Waals surface area contributed by atoms with Crippen molar-refractivity contribution >= 4 is 47.0 Å². The first-order valence-electron chi connectivity index (χ1n) is 7.54. The predicted molar refractivity (Wildman–Crippen MR) is 101 cm³/mol. The van der Waals surface area contributed by atoms with Crippen LogP contribution in [0, 0.1) is 0 Å². The summed E-state index contributed by atoms with van der Waals surface area (Å²) in [6.45, 7) is 0. The minimum absolute atomic E-state index is 0.153. The van der Waals surface area contributed by atoms with E-state index >= 15 is 0 Å². The van der Waals surface area contributed by atoms with Crippen molar-refractivity contribution in [3.8, 4) is 0 Å². The molecular formula is C20H17ClO2Te. The molecule has 0 unspecified atom stereocenters. The first-order valence-corrected chi connectivity index (χ1v) is 12.5. The second-order valence-electron chi connectivity index (χ2n) is 5.08. The van der Waals surface area contributed by atoms with Crippen molar-refractivity contribution in [1.29, 1.82) is 0 Å². The van der Waals surface area contributed by atoms with Crippen LogP contribution in [0.3, 0.4) is 0 Å². The number of halogens is 1. The van der Waals surface area contributed by atoms with Gasteiger partial charge in [0.1, 0.15) is 0 Å². The third kappa shape index (κ3) is 3.35. The van der Waals surface area contributed by atoms with Crippen molar-refractivity contribution in [3.63, 3.8) is 0 Å². The first-order chi connectivity index (χ1) is 11.8. The van der Waals surface area contributed by atoms with Gasteiger partial charge < -0.3 is 0 Å². The SMILES string of the molecule is O=C(CCl)O[Te](c1ccccc1)(c1ccccc1)c1ccccc1. The average molecular weight is 452 g/mol. The summed E-state index contributed by atoms with van der Waals surface area (Å²) in [7, 11) is 0. The van der Waals surface area contributed by atoms with E-state index in [1.165, 1.54) is 0 Å². The Morgan fingerprint density at radius 1 is 0.708 bits per heavy atom. The van der Waals surface area contributed by atoms with Gasteiger partial charge in [0.05, 0.1) is 0 Å². The number of rotatable bonds is 5. The molecular weight excluding hydrogens is 435 g/mol. The Bertz CT molecular complexity index is 695. The van der Waals surface area contributed by atoms with Crippen molar-refractivity contribution in [1.82, 2.24) is 0 Å². The topological polar surface area (TPSA) is 26.3 Å². The van der Waals surface area contributed by atoms with E-state index in [0.717, 1.165) is 10.8 Å². The Morgan fingerprint density at radius 2 is 1.04 bits per heavy atom. The van der Waals surface area contributed by atoms with Crippen LogP contribution < -0.4 is 10.8 Å². The standard InChI is InChI=1S/C20H17ClO2Te/c21-16-20(22)23-24(17-10-4-1-5-11-17,18-12-6-2-7-13-18)19-14-8-3-9-15-19/h1-15H,16H2. The van der Waals surface area contributed by atoms with Crippen molar-refractivity contribution in [2.45, 2.75) is 0 Å². The normalized spacial score (nSPS) is 11.7. The number of alkyl halides is 1. The van der Waals surface area contributed by atoms with Crippen LogP contribution in [-0.4, -0.2) is 30.4 Å². The molecule has 0 fully saturated rings. The molecule has 0 radical (unpaired) electrons. The second-order valence-corrected chi connectivity index (χ2v) is 13.0. The van der Waals surface area contributed by atoms with E-state index < -0.39 is 18.6 Å². The van der Waals surface area contributed by atoms with Gasteiger partial charge in [-0.1, -0.05) is 0 Å². The van der Waals surface area contributed by atoms with E-state index in [4.69, 9.17) is 14.7 Å². The molecule has 122 valence electrons. The Labute approximate surface area is 151 Å². The van der Waals surface area contributed by atoms with E-state index in [2.05, 4.69) is 0 Å². The van der Waals surface area contributed by atoms with Crippen LogP contribution in [0.15, 0.2) is 91.0 Å². The van der Waals surface area contributed by atoms with Crippen LogP contribution in [0.4, 0.5) is 0 Å². The van der Waals surface area contributed by atoms with Crippen molar-refractivity contribution in [2.75, 3.05) is 5.88 Å². The molecule has 0 aliphatic rings.